The second kappa shape index (κ2) is 19.7. The average molecular weight is 739 g/mol. The van der Waals surface area contributed by atoms with Crippen molar-refractivity contribution in [3.63, 3.8) is 0 Å². The Kier molecular flexibility index (Phi) is 14.3. The molecule has 1 fully saturated rings. The fourth-order valence-electron chi connectivity index (χ4n) is 6.60. The van der Waals surface area contributed by atoms with Gasteiger partial charge in [0, 0.05) is 87.4 Å². The van der Waals surface area contributed by atoms with E-state index in [2.05, 4.69) is 37.1 Å². The minimum absolute atomic E-state index is 0.0107. The topological polar surface area (TPSA) is 142 Å². The lowest BCUT2D eigenvalue weighted by Gasteiger charge is -2.30. The standard InChI is InChI=1S/C38H51FN6O8/c1-2-36(46)41-10-16-49-20-22-52-24-23-51-21-19-48-15-8-37(47)40-9-12-45-33-7-11-44(27-31(33)30-5-3-28(39)25-34(30)45)29-4-6-35-32(26-29)42-38(53-35)43-13-17-50-18-14-43/h3-6,25-26H,2,7-24,27H2,1H3,(H,40,47)(H,41,46). The first-order chi connectivity index (χ1) is 26.0. The van der Waals surface area contributed by atoms with Gasteiger partial charge in [0.25, 0.3) is 6.01 Å². The highest BCUT2D eigenvalue weighted by atomic mass is 19.1. The Hall–Kier alpha value is -4.28. The largest absolute Gasteiger partial charge is 0.423 e. The van der Waals surface area contributed by atoms with E-state index in [4.69, 9.17) is 33.1 Å². The SMILES string of the molecule is CCC(=O)NCCOCCOCCOCCOCCC(=O)NCCn1c2c(c3ccc(F)cc31)CN(c1ccc3oc(N4CCOCC4)nc3c1)CC2. The fraction of sp³-hybridized carbons (Fsp3) is 0.553. The molecule has 2 aliphatic heterocycles. The van der Waals surface area contributed by atoms with Gasteiger partial charge in [-0.1, -0.05) is 6.92 Å². The third-order valence-corrected chi connectivity index (χ3v) is 9.36. The molecule has 2 aromatic heterocycles. The molecule has 2 aromatic carbocycles. The van der Waals surface area contributed by atoms with Crippen LogP contribution < -0.4 is 20.4 Å². The average Bonchev–Trinajstić information content (AvgIpc) is 3.74. The molecule has 4 aromatic rings. The van der Waals surface area contributed by atoms with Gasteiger partial charge >= 0.3 is 0 Å². The number of halogens is 1. The van der Waals surface area contributed by atoms with Crippen molar-refractivity contribution in [1.29, 1.82) is 0 Å². The summed E-state index contributed by atoms with van der Waals surface area (Å²) in [5, 5.41) is 6.76. The molecule has 4 heterocycles. The van der Waals surface area contributed by atoms with Crippen LogP contribution in [0.5, 0.6) is 0 Å². The van der Waals surface area contributed by atoms with E-state index in [1.807, 2.05) is 19.1 Å². The fourth-order valence-corrected chi connectivity index (χ4v) is 6.60. The molecule has 53 heavy (non-hydrogen) atoms. The number of morpholine rings is 1. The number of oxazole rings is 1. The van der Waals surface area contributed by atoms with E-state index in [1.165, 1.54) is 17.3 Å². The van der Waals surface area contributed by atoms with Gasteiger partial charge in [-0.3, -0.25) is 9.59 Å². The molecule has 2 amide bonds. The molecule has 288 valence electrons. The zero-order valence-corrected chi connectivity index (χ0v) is 30.5. The zero-order valence-electron chi connectivity index (χ0n) is 30.5. The molecule has 0 atom stereocenters. The van der Waals surface area contributed by atoms with Crippen molar-refractivity contribution >= 4 is 45.5 Å². The predicted octanol–water partition coefficient (Wildman–Crippen LogP) is 3.42. The number of amides is 2. The molecule has 6 rings (SSSR count). The lowest BCUT2D eigenvalue weighted by molar-refractivity contribution is -0.122. The van der Waals surface area contributed by atoms with Gasteiger partial charge in [-0.15, -0.1) is 0 Å². The van der Waals surface area contributed by atoms with Crippen molar-refractivity contribution < 1.29 is 42.1 Å². The van der Waals surface area contributed by atoms with E-state index >= 15 is 0 Å². The third kappa shape index (κ3) is 10.7. The van der Waals surface area contributed by atoms with Crippen molar-refractivity contribution in [1.82, 2.24) is 20.2 Å². The molecular formula is C38H51FN6O8. The first kappa shape index (κ1) is 38.4. The van der Waals surface area contributed by atoms with Crippen LogP contribution in [0.1, 0.15) is 31.0 Å². The third-order valence-electron chi connectivity index (χ3n) is 9.36. The number of fused-ring (bicyclic) bond motifs is 4. The number of hydrogen-bond donors (Lipinski definition) is 2. The van der Waals surface area contributed by atoms with Crippen molar-refractivity contribution in [2.24, 2.45) is 0 Å². The van der Waals surface area contributed by atoms with Crippen LogP contribution >= 0.6 is 0 Å². The molecule has 15 heteroatoms. The van der Waals surface area contributed by atoms with Crippen molar-refractivity contribution in [2.75, 3.05) is 109 Å². The second-order valence-corrected chi connectivity index (χ2v) is 12.9. The number of carbonyl (C=O) groups is 2. The highest BCUT2D eigenvalue weighted by Gasteiger charge is 2.25. The molecule has 0 unspecified atom stereocenters. The van der Waals surface area contributed by atoms with E-state index in [0.29, 0.717) is 105 Å². The quantitative estimate of drug-likeness (QED) is 0.122. The van der Waals surface area contributed by atoms with Crippen molar-refractivity contribution in [3.8, 4) is 0 Å². The van der Waals surface area contributed by atoms with E-state index < -0.39 is 0 Å². The summed E-state index contributed by atoms with van der Waals surface area (Å²) in [6, 6.07) is 11.7. The lowest BCUT2D eigenvalue weighted by Crippen LogP contribution is -2.36. The molecule has 2 N–H and O–H groups in total. The first-order valence-corrected chi connectivity index (χ1v) is 18.6. The predicted molar refractivity (Wildman–Crippen MR) is 198 cm³/mol. The van der Waals surface area contributed by atoms with Gasteiger partial charge in [0.2, 0.25) is 11.8 Å². The molecule has 0 saturated carbocycles. The number of rotatable bonds is 21. The Bertz CT molecular complexity index is 1790. The van der Waals surface area contributed by atoms with Crippen LogP contribution in [0.4, 0.5) is 16.1 Å². The number of ether oxygens (including phenoxy) is 5. The van der Waals surface area contributed by atoms with Crippen LogP contribution in [-0.4, -0.2) is 120 Å². The Morgan fingerprint density at radius 3 is 2.30 bits per heavy atom. The highest BCUT2D eigenvalue weighted by Crippen LogP contribution is 2.35. The van der Waals surface area contributed by atoms with Gasteiger partial charge in [0.1, 0.15) is 11.3 Å². The number of carbonyl (C=O) groups excluding carboxylic acids is 2. The lowest BCUT2D eigenvalue weighted by atomic mass is 10.0. The highest BCUT2D eigenvalue weighted by molar-refractivity contribution is 5.87. The first-order valence-electron chi connectivity index (χ1n) is 18.6. The number of nitrogens with zero attached hydrogens (tertiary/aromatic N) is 4. The molecule has 0 spiro atoms. The molecule has 2 aliphatic rings. The van der Waals surface area contributed by atoms with E-state index in [-0.39, 0.29) is 24.1 Å². The summed E-state index contributed by atoms with van der Waals surface area (Å²) < 4.78 is 50.1. The van der Waals surface area contributed by atoms with Crippen LogP contribution in [0.2, 0.25) is 0 Å². The smallest absolute Gasteiger partial charge is 0.298 e. The molecule has 0 radical (unpaired) electrons. The Morgan fingerprint density at radius 1 is 0.830 bits per heavy atom. The van der Waals surface area contributed by atoms with Gasteiger partial charge < -0.3 is 53.1 Å². The van der Waals surface area contributed by atoms with Gasteiger partial charge in [0.15, 0.2) is 5.58 Å². The molecule has 0 bridgehead atoms. The van der Waals surface area contributed by atoms with Crippen molar-refractivity contribution in [3.05, 3.63) is 53.5 Å². The number of aromatic nitrogens is 2. The Balaban J connectivity index is 0.899. The van der Waals surface area contributed by atoms with Crippen LogP contribution in [0.3, 0.4) is 0 Å². The van der Waals surface area contributed by atoms with Gasteiger partial charge in [-0.05, 0) is 36.4 Å². The number of nitrogens with one attached hydrogen (secondary N) is 2. The summed E-state index contributed by atoms with van der Waals surface area (Å²) in [5.41, 5.74) is 5.82. The van der Waals surface area contributed by atoms with Gasteiger partial charge in [0.05, 0.1) is 71.6 Å². The van der Waals surface area contributed by atoms with E-state index in [0.717, 1.165) is 53.7 Å². The summed E-state index contributed by atoms with van der Waals surface area (Å²) >= 11 is 0. The van der Waals surface area contributed by atoms with Crippen LogP contribution in [-0.2, 0) is 52.8 Å². The minimum atomic E-state index is -0.285. The van der Waals surface area contributed by atoms with E-state index in [1.54, 1.807) is 6.07 Å². The number of benzene rings is 2. The summed E-state index contributed by atoms with van der Waals surface area (Å²) in [6.45, 7) is 10.9. The number of hydrogen-bond acceptors (Lipinski definition) is 11. The second-order valence-electron chi connectivity index (χ2n) is 12.9. The summed E-state index contributed by atoms with van der Waals surface area (Å²) in [7, 11) is 0. The van der Waals surface area contributed by atoms with Gasteiger partial charge in [-0.2, -0.15) is 4.98 Å². The minimum Gasteiger partial charge on any atom is -0.423 e. The van der Waals surface area contributed by atoms with Crippen LogP contribution in [0.25, 0.3) is 22.0 Å². The maximum atomic E-state index is 14.5. The normalized spacial score (nSPS) is 14.6. The summed E-state index contributed by atoms with van der Waals surface area (Å²) in [6.07, 6.45) is 1.49. The summed E-state index contributed by atoms with van der Waals surface area (Å²) in [4.78, 5) is 32.9. The maximum Gasteiger partial charge on any atom is 0.298 e. The Labute approximate surface area is 308 Å². The van der Waals surface area contributed by atoms with E-state index in [9.17, 15) is 14.0 Å². The monoisotopic (exact) mass is 738 g/mol. The molecule has 14 nitrogen and oxygen atoms in total. The summed E-state index contributed by atoms with van der Waals surface area (Å²) in [5.74, 6) is -0.374. The van der Waals surface area contributed by atoms with Gasteiger partial charge in [-0.25, -0.2) is 4.39 Å². The molecule has 1 saturated heterocycles. The number of anilines is 2. The Morgan fingerprint density at radius 2 is 1.55 bits per heavy atom. The van der Waals surface area contributed by atoms with Crippen molar-refractivity contribution in [2.45, 2.75) is 39.3 Å². The molecule has 0 aliphatic carbocycles. The molecular weight excluding hydrogens is 687 g/mol. The van der Waals surface area contributed by atoms with Crippen LogP contribution in [0, 0.1) is 5.82 Å². The zero-order chi connectivity index (χ0) is 36.8. The van der Waals surface area contributed by atoms with Crippen LogP contribution in [0.15, 0.2) is 40.8 Å². The maximum absolute atomic E-state index is 14.5.